The number of hydrogen-bond donors (Lipinski definition) is 0. The molecule has 1 atom stereocenters. The van der Waals surface area contributed by atoms with Crippen molar-refractivity contribution in [3.8, 4) is 0 Å². The largest absolute Gasteiger partial charge is 0.469 e. The number of carbonyl (C=O) groups is 3. The summed E-state index contributed by atoms with van der Waals surface area (Å²) in [6.45, 7) is 0.178. The molecule has 1 aliphatic rings. The van der Waals surface area contributed by atoms with Gasteiger partial charge in [-0.1, -0.05) is 30.3 Å². The number of esters is 1. The van der Waals surface area contributed by atoms with E-state index in [4.69, 9.17) is 4.74 Å². The average Bonchev–Trinajstić information content (AvgIpc) is 2.86. The second kappa shape index (κ2) is 6.88. The van der Waals surface area contributed by atoms with Crippen molar-refractivity contribution in [1.82, 2.24) is 4.90 Å². The highest BCUT2D eigenvalue weighted by atomic mass is 16.6. The smallest absolute Gasteiger partial charge is 0.416 e. The van der Waals surface area contributed by atoms with E-state index in [9.17, 15) is 14.4 Å². The number of rotatable bonds is 5. The van der Waals surface area contributed by atoms with Crippen molar-refractivity contribution in [3.05, 3.63) is 35.9 Å². The fourth-order valence-electron chi connectivity index (χ4n) is 2.23. The van der Waals surface area contributed by atoms with Crippen LogP contribution in [0.1, 0.15) is 18.4 Å². The van der Waals surface area contributed by atoms with Gasteiger partial charge in [-0.05, 0) is 12.0 Å². The molecule has 0 aliphatic carbocycles. The third-order valence-corrected chi connectivity index (χ3v) is 3.31. The number of carbonyl (C=O) groups excluding carboxylic acids is 3. The Kier molecular flexibility index (Phi) is 4.92. The number of benzene rings is 1. The van der Waals surface area contributed by atoms with Gasteiger partial charge in [0.15, 0.2) is 0 Å². The second-order valence-corrected chi connectivity index (χ2v) is 4.76. The van der Waals surface area contributed by atoms with E-state index in [0.29, 0.717) is 6.42 Å². The third kappa shape index (κ3) is 3.81. The minimum atomic E-state index is -0.647. The fourth-order valence-corrected chi connectivity index (χ4v) is 2.23. The molecule has 0 aromatic heterocycles. The molecule has 21 heavy (non-hydrogen) atoms. The van der Waals surface area contributed by atoms with Crippen LogP contribution in [0.3, 0.4) is 0 Å². The van der Waals surface area contributed by atoms with Crippen molar-refractivity contribution in [2.45, 2.75) is 25.3 Å². The van der Waals surface area contributed by atoms with E-state index in [1.54, 1.807) is 0 Å². The van der Waals surface area contributed by atoms with Crippen LogP contribution < -0.4 is 0 Å². The summed E-state index contributed by atoms with van der Waals surface area (Å²) in [5.41, 5.74) is 1.02. The van der Waals surface area contributed by atoms with Crippen molar-refractivity contribution in [1.29, 1.82) is 0 Å². The molecule has 1 aliphatic heterocycles. The van der Waals surface area contributed by atoms with Crippen LogP contribution in [-0.4, -0.2) is 42.6 Å². The van der Waals surface area contributed by atoms with Gasteiger partial charge in [0.25, 0.3) is 0 Å². The molecule has 0 radical (unpaired) electrons. The minimum Gasteiger partial charge on any atom is -0.469 e. The molecule has 0 N–H and O–H groups in total. The zero-order chi connectivity index (χ0) is 15.2. The first-order valence-electron chi connectivity index (χ1n) is 6.71. The number of cyclic esters (lactones) is 1. The Labute approximate surface area is 122 Å². The lowest BCUT2D eigenvalue weighted by Crippen LogP contribution is -2.40. The number of imide groups is 1. The van der Waals surface area contributed by atoms with Crippen LogP contribution in [0.4, 0.5) is 4.79 Å². The predicted molar refractivity (Wildman–Crippen MR) is 73.4 cm³/mol. The Morgan fingerprint density at radius 3 is 2.67 bits per heavy atom. The maximum atomic E-state index is 12.1. The Bertz CT molecular complexity index is 528. The molecular weight excluding hydrogens is 274 g/mol. The number of nitrogens with zero attached hydrogens (tertiary/aromatic N) is 1. The monoisotopic (exact) mass is 291 g/mol. The highest BCUT2D eigenvalue weighted by Crippen LogP contribution is 2.18. The van der Waals surface area contributed by atoms with Gasteiger partial charge in [-0.2, -0.15) is 0 Å². The van der Waals surface area contributed by atoms with Gasteiger partial charge in [0.2, 0.25) is 5.91 Å². The van der Waals surface area contributed by atoms with Crippen LogP contribution in [0.15, 0.2) is 30.3 Å². The van der Waals surface area contributed by atoms with Crippen LogP contribution in [-0.2, 0) is 25.5 Å². The zero-order valence-electron chi connectivity index (χ0n) is 11.8. The molecule has 6 heteroatoms. The number of ether oxygens (including phenoxy) is 2. The molecule has 0 spiro atoms. The van der Waals surface area contributed by atoms with Gasteiger partial charge in [0, 0.05) is 6.42 Å². The van der Waals surface area contributed by atoms with Crippen molar-refractivity contribution in [3.63, 3.8) is 0 Å². The van der Waals surface area contributed by atoms with Crippen LogP contribution >= 0.6 is 0 Å². The predicted octanol–water partition coefficient (Wildman–Crippen LogP) is 1.53. The topological polar surface area (TPSA) is 72.9 Å². The SMILES string of the molecule is COC(=O)CCC(=O)N1C(=O)OC[C@H]1Cc1ccccc1. The van der Waals surface area contributed by atoms with E-state index in [2.05, 4.69) is 4.74 Å². The van der Waals surface area contributed by atoms with Crippen molar-refractivity contribution >= 4 is 18.0 Å². The summed E-state index contributed by atoms with van der Waals surface area (Å²) in [4.78, 5) is 36.0. The van der Waals surface area contributed by atoms with Gasteiger partial charge >= 0.3 is 12.1 Å². The normalized spacial score (nSPS) is 17.5. The van der Waals surface area contributed by atoms with Crippen LogP contribution in [0.2, 0.25) is 0 Å². The lowest BCUT2D eigenvalue weighted by molar-refractivity contribution is -0.143. The van der Waals surface area contributed by atoms with Gasteiger partial charge in [-0.15, -0.1) is 0 Å². The summed E-state index contributed by atoms with van der Waals surface area (Å²) >= 11 is 0. The minimum absolute atomic E-state index is 0.0445. The summed E-state index contributed by atoms with van der Waals surface area (Å²) in [5.74, 6) is -0.889. The second-order valence-electron chi connectivity index (χ2n) is 4.76. The summed E-state index contributed by atoms with van der Waals surface area (Å²) in [7, 11) is 1.26. The summed E-state index contributed by atoms with van der Waals surface area (Å²) in [5, 5.41) is 0. The lowest BCUT2D eigenvalue weighted by Gasteiger charge is -2.19. The molecule has 1 aromatic rings. The Hall–Kier alpha value is -2.37. The maximum Gasteiger partial charge on any atom is 0.416 e. The molecule has 1 saturated heterocycles. The molecule has 112 valence electrons. The van der Waals surface area contributed by atoms with E-state index in [1.807, 2.05) is 30.3 Å². The molecule has 0 saturated carbocycles. The first-order valence-corrected chi connectivity index (χ1v) is 6.71. The number of amides is 2. The zero-order valence-corrected chi connectivity index (χ0v) is 11.8. The Morgan fingerprint density at radius 2 is 2.00 bits per heavy atom. The van der Waals surface area contributed by atoms with Gasteiger partial charge in [0.05, 0.1) is 19.6 Å². The first-order chi connectivity index (χ1) is 10.1. The van der Waals surface area contributed by atoms with Gasteiger partial charge in [0.1, 0.15) is 6.61 Å². The standard InChI is InChI=1S/C15H17NO5/c1-20-14(18)8-7-13(17)16-12(10-21-15(16)19)9-11-5-3-2-4-6-11/h2-6,12H,7-10H2,1H3/t12-/m1/s1. The van der Waals surface area contributed by atoms with Gasteiger partial charge in [-0.25, -0.2) is 9.69 Å². The van der Waals surface area contributed by atoms with E-state index >= 15 is 0 Å². The van der Waals surface area contributed by atoms with E-state index in [-0.39, 0.29) is 25.5 Å². The summed E-state index contributed by atoms with van der Waals surface area (Å²) in [6.07, 6.45) is -0.216. The molecule has 0 bridgehead atoms. The lowest BCUT2D eigenvalue weighted by atomic mass is 10.1. The quantitative estimate of drug-likeness (QED) is 0.769. The maximum absolute atomic E-state index is 12.1. The van der Waals surface area contributed by atoms with E-state index in [1.165, 1.54) is 7.11 Å². The molecule has 2 amide bonds. The van der Waals surface area contributed by atoms with Gasteiger partial charge in [-0.3, -0.25) is 9.59 Å². The number of hydrogen-bond acceptors (Lipinski definition) is 5. The molecule has 6 nitrogen and oxygen atoms in total. The molecule has 0 unspecified atom stereocenters. The van der Waals surface area contributed by atoms with Crippen LogP contribution in [0.25, 0.3) is 0 Å². The average molecular weight is 291 g/mol. The van der Waals surface area contributed by atoms with E-state index in [0.717, 1.165) is 10.5 Å². The summed E-state index contributed by atoms with van der Waals surface area (Å²) < 4.78 is 9.44. The molecule has 1 heterocycles. The fraction of sp³-hybridized carbons (Fsp3) is 0.400. The molecule has 2 rings (SSSR count). The molecular formula is C15H17NO5. The van der Waals surface area contributed by atoms with Crippen molar-refractivity contribution in [2.75, 3.05) is 13.7 Å². The van der Waals surface area contributed by atoms with Crippen molar-refractivity contribution < 1.29 is 23.9 Å². The highest BCUT2D eigenvalue weighted by molar-refractivity contribution is 5.94. The van der Waals surface area contributed by atoms with Gasteiger partial charge < -0.3 is 9.47 Å². The highest BCUT2D eigenvalue weighted by Gasteiger charge is 2.37. The first kappa shape index (κ1) is 15.0. The van der Waals surface area contributed by atoms with Crippen LogP contribution in [0, 0.1) is 0 Å². The van der Waals surface area contributed by atoms with E-state index < -0.39 is 18.0 Å². The summed E-state index contributed by atoms with van der Waals surface area (Å²) in [6, 6.07) is 9.23. The number of methoxy groups -OCH3 is 1. The Balaban J connectivity index is 1.99. The van der Waals surface area contributed by atoms with Crippen molar-refractivity contribution in [2.24, 2.45) is 0 Å². The Morgan fingerprint density at radius 1 is 1.29 bits per heavy atom. The molecule has 1 fully saturated rings. The van der Waals surface area contributed by atoms with Crippen LogP contribution in [0.5, 0.6) is 0 Å². The molecule has 1 aromatic carbocycles. The third-order valence-electron chi connectivity index (χ3n) is 3.31.